The van der Waals surface area contributed by atoms with Gasteiger partial charge >= 0.3 is 0 Å². The van der Waals surface area contributed by atoms with Crippen LogP contribution in [0.5, 0.6) is 0 Å². The predicted octanol–water partition coefficient (Wildman–Crippen LogP) is 3.43. The van der Waals surface area contributed by atoms with Gasteiger partial charge in [0.1, 0.15) is 17.5 Å². The third kappa shape index (κ3) is 3.57. The summed E-state index contributed by atoms with van der Waals surface area (Å²) in [7, 11) is 0. The summed E-state index contributed by atoms with van der Waals surface area (Å²) in [6, 6.07) is 6.83. The SMILES string of the molecule is O=C(CCc1c(F)ccc(F)c1Cl)[C@@]1(O)CCN(c2ccc(F)cc2)C1=O. The third-order valence-corrected chi connectivity index (χ3v) is 5.05. The Morgan fingerprint density at radius 1 is 1.11 bits per heavy atom. The van der Waals surface area contributed by atoms with Crippen molar-refractivity contribution in [3.8, 4) is 0 Å². The molecule has 0 aliphatic carbocycles. The summed E-state index contributed by atoms with van der Waals surface area (Å²) in [6.07, 6.45) is -0.797. The summed E-state index contributed by atoms with van der Waals surface area (Å²) >= 11 is 5.73. The molecule has 1 atom stereocenters. The van der Waals surface area contributed by atoms with E-state index in [0.717, 1.165) is 24.3 Å². The number of carbonyl (C=O) groups excluding carboxylic acids is 2. The molecule has 0 unspecified atom stereocenters. The average molecular weight is 398 g/mol. The van der Waals surface area contributed by atoms with Crippen molar-refractivity contribution in [1.29, 1.82) is 0 Å². The highest BCUT2D eigenvalue weighted by atomic mass is 35.5. The molecule has 1 fully saturated rings. The number of Topliss-reactive ketones (excluding diaryl/α,β-unsaturated/α-hetero) is 1. The zero-order chi connectivity index (χ0) is 19.8. The zero-order valence-corrected chi connectivity index (χ0v) is 14.8. The molecule has 1 N–H and O–H groups in total. The molecule has 1 heterocycles. The molecule has 0 saturated carbocycles. The molecule has 0 spiro atoms. The van der Waals surface area contributed by atoms with Crippen LogP contribution in [0.3, 0.4) is 0 Å². The Morgan fingerprint density at radius 3 is 2.41 bits per heavy atom. The highest BCUT2D eigenvalue weighted by Crippen LogP contribution is 2.31. The van der Waals surface area contributed by atoms with E-state index in [-0.39, 0.29) is 31.4 Å². The van der Waals surface area contributed by atoms with Gasteiger partial charge in [0.05, 0.1) is 5.02 Å². The first-order valence-electron chi connectivity index (χ1n) is 8.19. The maximum Gasteiger partial charge on any atom is 0.266 e. The Balaban J connectivity index is 1.74. The molecule has 142 valence electrons. The second-order valence-electron chi connectivity index (χ2n) is 6.29. The number of anilines is 1. The van der Waals surface area contributed by atoms with E-state index in [0.29, 0.717) is 5.69 Å². The predicted molar refractivity (Wildman–Crippen MR) is 93.0 cm³/mol. The molecule has 2 aromatic carbocycles. The van der Waals surface area contributed by atoms with Crippen LogP contribution in [-0.4, -0.2) is 28.9 Å². The molecule has 0 radical (unpaired) electrons. The van der Waals surface area contributed by atoms with E-state index in [4.69, 9.17) is 11.6 Å². The van der Waals surface area contributed by atoms with Crippen molar-refractivity contribution in [2.45, 2.75) is 24.9 Å². The van der Waals surface area contributed by atoms with Crippen LogP contribution in [-0.2, 0) is 16.0 Å². The summed E-state index contributed by atoms with van der Waals surface area (Å²) < 4.78 is 40.3. The Labute approximate surface area is 158 Å². The molecular formula is C19H15ClF3NO3. The van der Waals surface area contributed by atoms with E-state index in [9.17, 15) is 27.9 Å². The molecular weight excluding hydrogens is 383 g/mol. The zero-order valence-electron chi connectivity index (χ0n) is 14.0. The van der Waals surface area contributed by atoms with Gasteiger partial charge < -0.3 is 10.0 Å². The quantitative estimate of drug-likeness (QED) is 0.621. The van der Waals surface area contributed by atoms with Gasteiger partial charge in [-0.25, -0.2) is 13.2 Å². The molecule has 2 aromatic rings. The first-order valence-corrected chi connectivity index (χ1v) is 8.57. The maximum absolute atomic E-state index is 13.8. The van der Waals surface area contributed by atoms with Gasteiger partial charge in [-0.15, -0.1) is 0 Å². The molecule has 1 aliphatic rings. The van der Waals surface area contributed by atoms with Gasteiger partial charge in [-0.1, -0.05) is 11.6 Å². The first-order chi connectivity index (χ1) is 12.7. The summed E-state index contributed by atoms with van der Waals surface area (Å²) in [6.45, 7) is 0.0712. The minimum atomic E-state index is -2.26. The van der Waals surface area contributed by atoms with Crippen molar-refractivity contribution in [2.75, 3.05) is 11.4 Å². The van der Waals surface area contributed by atoms with Crippen LogP contribution < -0.4 is 4.90 Å². The lowest BCUT2D eigenvalue weighted by Gasteiger charge is -2.21. The minimum absolute atomic E-state index is 0.0712. The van der Waals surface area contributed by atoms with E-state index in [1.807, 2.05) is 0 Å². The molecule has 8 heteroatoms. The maximum atomic E-state index is 13.8. The molecule has 0 bridgehead atoms. The lowest BCUT2D eigenvalue weighted by atomic mass is 9.92. The van der Waals surface area contributed by atoms with Gasteiger partial charge in [-0.3, -0.25) is 9.59 Å². The van der Waals surface area contributed by atoms with E-state index < -0.39 is 39.8 Å². The van der Waals surface area contributed by atoms with Crippen LogP contribution in [0.1, 0.15) is 18.4 Å². The number of ketones is 1. The summed E-state index contributed by atoms with van der Waals surface area (Å²) in [5.41, 5.74) is -2.09. The highest BCUT2D eigenvalue weighted by Gasteiger charge is 2.50. The smallest absolute Gasteiger partial charge is 0.266 e. The number of carbonyl (C=O) groups is 2. The highest BCUT2D eigenvalue weighted by molar-refractivity contribution is 6.31. The van der Waals surface area contributed by atoms with Crippen molar-refractivity contribution >= 4 is 29.0 Å². The Kier molecular flexibility index (Phi) is 5.26. The lowest BCUT2D eigenvalue weighted by molar-refractivity contribution is -0.147. The molecule has 27 heavy (non-hydrogen) atoms. The van der Waals surface area contributed by atoms with Gasteiger partial charge in [0.25, 0.3) is 5.91 Å². The van der Waals surface area contributed by atoms with Crippen LogP contribution >= 0.6 is 11.6 Å². The lowest BCUT2D eigenvalue weighted by Crippen LogP contribution is -2.47. The van der Waals surface area contributed by atoms with Crippen LogP contribution in [0.25, 0.3) is 0 Å². The first kappa shape index (κ1) is 19.4. The number of aliphatic hydroxyl groups is 1. The fraction of sp³-hybridized carbons (Fsp3) is 0.263. The standard InChI is InChI=1S/C19H15ClF3NO3/c20-17-13(14(22)6-7-15(17)23)5-8-16(25)19(27)9-10-24(18(19)26)12-3-1-11(21)2-4-12/h1-4,6-7,27H,5,8-10H2/t19-/m0/s1. The molecule has 1 saturated heterocycles. The molecule has 1 amide bonds. The van der Waals surface area contributed by atoms with Crippen molar-refractivity contribution in [3.05, 3.63) is 64.4 Å². The number of hydrogen-bond donors (Lipinski definition) is 1. The number of benzene rings is 2. The van der Waals surface area contributed by atoms with E-state index in [1.54, 1.807) is 0 Å². The van der Waals surface area contributed by atoms with Crippen LogP contribution in [0.2, 0.25) is 5.02 Å². The van der Waals surface area contributed by atoms with Crippen molar-refractivity contribution in [1.82, 2.24) is 0 Å². The third-order valence-electron chi connectivity index (χ3n) is 4.64. The van der Waals surface area contributed by atoms with Gasteiger partial charge in [-0.05, 0) is 42.8 Å². The van der Waals surface area contributed by atoms with Gasteiger partial charge in [0, 0.05) is 30.6 Å². The van der Waals surface area contributed by atoms with Crippen molar-refractivity contribution in [2.24, 2.45) is 0 Å². The van der Waals surface area contributed by atoms with Crippen LogP contribution in [0.15, 0.2) is 36.4 Å². The Hall–Kier alpha value is -2.38. The second kappa shape index (κ2) is 7.32. The number of nitrogens with zero attached hydrogens (tertiary/aromatic N) is 1. The number of amides is 1. The van der Waals surface area contributed by atoms with Gasteiger partial charge in [0.15, 0.2) is 5.78 Å². The number of halogens is 4. The van der Waals surface area contributed by atoms with Crippen LogP contribution in [0, 0.1) is 17.5 Å². The number of rotatable bonds is 5. The fourth-order valence-electron chi connectivity index (χ4n) is 3.07. The largest absolute Gasteiger partial charge is 0.373 e. The summed E-state index contributed by atoms with van der Waals surface area (Å²) in [4.78, 5) is 26.2. The molecule has 1 aliphatic heterocycles. The minimum Gasteiger partial charge on any atom is -0.373 e. The van der Waals surface area contributed by atoms with E-state index >= 15 is 0 Å². The topological polar surface area (TPSA) is 57.6 Å². The Morgan fingerprint density at radius 2 is 1.74 bits per heavy atom. The average Bonchev–Trinajstić information content (AvgIpc) is 2.95. The molecule has 3 rings (SSSR count). The van der Waals surface area contributed by atoms with Crippen molar-refractivity contribution < 1.29 is 27.9 Å². The van der Waals surface area contributed by atoms with Crippen molar-refractivity contribution in [3.63, 3.8) is 0 Å². The van der Waals surface area contributed by atoms with Gasteiger partial charge in [0.2, 0.25) is 5.60 Å². The molecule has 0 aromatic heterocycles. The Bertz CT molecular complexity index is 904. The fourth-order valence-corrected chi connectivity index (χ4v) is 3.32. The van der Waals surface area contributed by atoms with Gasteiger partial charge in [-0.2, -0.15) is 0 Å². The monoisotopic (exact) mass is 397 g/mol. The normalized spacial score (nSPS) is 19.6. The summed E-state index contributed by atoms with van der Waals surface area (Å²) in [5, 5.41) is 10.1. The van der Waals surface area contributed by atoms with Crippen LogP contribution in [0.4, 0.5) is 18.9 Å². The second-order valence-corrected chi connectivity index (χ2v) is 6.67. The number of hydrogen-bond acceptors (Lipinski definition) is 3. The molecule has 4 nitrogen and oxygen atoms in total. The summed E-state index contributed by atoms with van der Waals surface area (Å²) in [5.74, 6) is -3.71. The van der Waals surface area contributed by atoms with E-state index in [2.05, 4.69) is 0 Å². The van der Waals surface area contributed by atoms with E-state index in [1.165, 1.54) is 17.0 Å².